The van der Waals surface area contributed by atoms with Gasteiger partial charge in [-0.1, -0.05) is 18.2 Å². The van der Waals surface area contributed by atoms with E-state index in [1.165, 1.54) is 36.0 Å². The van der Waals surface area contributed by atoms with Gasteiger partial charge in [0.15, 0.2) is 0 Å². The molecule has 0 atom stereocenters. The largest absolute Gasteiger partial charge is 0.345 e. The summed E-state index contributed by atoms with van der Waals surface area (Å²) in [5.41, 5.74) is 4.37. The van der Waals surface area contributed by atoms with Gasteiger partial charge in [-0.3, -0.25) is 4.79 Å². The molecule has 1 aromatic rings. The molecule has 1 aliphatic carbocycles. The van der Waals surface area contributed by atoms with E-state index < -0.39 is 0 Å². The Bertz CT molecular complexity index is 431. The molecule has 0 aromatic heterocycles. The van der Waals surface area contributed by atoms with Gasteiger partial charge < -0.3 is 4.90 Å². The number of amides is 1. The molecule has 0 aliphatic heterocycles. The summed E-state index contributed by atoms with van der Waals surface area (Å²) in [5.74, 6) is 0.813. The van der Waals surface area contributed by atoms with Crippen LogP contribution in [-0.4, -0.2) is 30.2 Å². The lowest BCUT2D eigenvalue weighted by Crippen LogP contribution is -2.28. The molecule has 0 radical (unpaired) electrons. The third-order valence-corrected chi connectivity index (χ3v) is 3.87. The van der Waals surface area contributed by atoms with Crippen molar-refractivity contribution >= 4 is 18.5 Å². The minimum absolute atomic E-state index is 0.186. The monoisotopic (exact) mass is 263 g/mol. The van der Waals surface area contributed by atoms with Crippen LogP contribution in [0.2, 0.25) is 0 Å². The van der Waals surface area contributed by atoms with Crippen LogP contribution in [0.5, 0.6) is 0 Å². The number of carbonyl (C=O) groups is 1. The maximum Gasteiger partial charge on any atom is 0.223 e. The molecule has 18 heavy (non-hydrogen) atoms. The minimum Gasteiger partial charge on any atom is -0.345 e. The average molecular weight is 263 g/mol. The normalized spacial score (nSPS) is 13.4. The number of carbonyl (C=O) groups excluding carboxylic acids is 1. The smallest absolute Gasteiger partial charge is 0.223 e. The summed E-state index contributed by atoms with van der Waals surface area (Å²) in [6.45, 7) is 0.797. The van der Waals surface area contributed by atoms with Gasteiger partial charge >= 0.3 is 0 Å². The summed E-state index contributed by atoms with van der Waals surface area (Å²) in [4.78, 5) is 13.4. The second-order valence-electron chi connectivity index (χ2n) is 5.00. The van der Waals surface area contributed by atoms with Crippen LogP contribution in [0.4, 0.5) is 0 Å². The van der Waals surface area contributed by atoms with Crippen LogP contribution in [0.1, 0.15) is 29.5 Å². The van der Waals surface area contributed by atoms with E-state index in [0.717, 1.165) is 13.0 Å². The molecule has 2 rings (SSSR count). The number of fused-ring (bicyclic) bond motifs is 1. The first-order valence-electron chi connectivity index (χ1n) is 6.66. The molecule has 0 bridgehead atoms. The Labute approximate surface area is 115 Å². The van der Waals surface area contributed by atoms with Gasteiger partial charge in [0.1, 0.15) is 0 Å². The lowest BCUT2D eigenvalue weighted by molar-refractivity contribution is -0.129. The SMILES string of the molecule is CN(CCc1ccc2c(c1)CCC2)C(=O)CCS. The summed E-state index contributed by atoms with van der Waals surface area (Å²) in [6.07, 6.45) is 5.22. The summed E-state index contributed by atoms with van der Waals surface area (Å²) in [5, 5.41) is 0. The molecule has 0 unspecified atom stereocenters. The first-order chi connectivity index (χ1) is 8.70. The quantitative estimate of drug-likeness (QED) is 0.809. The molecular weight excluding hydrogens is 242 g/mol. The van der Waals surface area contributed by atoms with Crippen LogP contribution in [0.15, 0.2) is 18.2 Å². The van der Waals surface area contributed by atoms with Crippen LogP contribution < -0.4 is 0 Å². The summed E-state index contributed by atoms with van der Waals surface area (Å²) in [7, 11) is 1.87. The molecule has 0 saturated carbocycles. The highest BCUT2D eigenvalue weighted by molar-refractivity contribution is 7.80. The van der Waals surface area contributed by atoms with E-state index in [2.05, 4.69) is 30.8 Å². The fourth-order valence-electron chi connectivity index (χ4n) is 2.49. The zero-order chi connectivity index (χ0) is 13.0. The molecule has 1 aliphatic rings. The predicted molar refractivity (Wildman–Crippen MR) is 78.3 cm³/mol. The van der Waals surface area contributed by atoms with Crippen molar-refractivity contribution in [3.63, 3.8) is 0 Å². The third kappa shape index (κ3) is 3.29. The lowest BCUT2D eigenvalue weighted by Gasteiger charge is -2.17. The van der Waals surface area contributed by atoms with Crippen molar-refractivity contribution in [3.8, 4) is 0 Å². The maximum absolute atomic E-state index is 11.6. The van der Waals surface area contributed by atoms with Crippen LogP contribution >= 0.6 is 12.6 Å². The number of hydrogen-bond acceptors (Lipinski definition) is 2. The topological polar surface area (TPSA) is 20.3 Å². The van der Waals surface area contributed by atoms with Crippen molar-refractivity contribution < 1.29 is 4.79 Å². The molecule has 2 nitrogen and oxygen atoms in total. The van der Waals surface area contributed by atoms with Crippen molar-refractivity contribution in [1.29, 1.82) is 0 Å². The molecular formula is C15H21NOS. The fourth-order valence-corrected chi connectivity index (χ4v) is 2.68. The highest BCUT2D eigenvalue weighted by Gasteiger charge is 2.12. The van der Waals surface area contributed by atoms with E-state index in [1.54, 1.807) is 0 Å². The van der Waals surface area contributed by atoms with Gasteiger partial charge in [0.2, 0.25) is 5.91 Å². The van der Waals surface area contributed by atoms with Crippen molar-refractivity contribution in [1.82, 2.24) is 4.90 Å². The van der Waals surface area contributed by atoms with E-state index in [4.69, 9.17) is 0 Å². The third-order valence-electron chi connectivity index (χ3n) is 3.65. The summed E-state index contributed by atoms with van der Waals surface area (Å²) in [6, 6.07) is 6.79. The van der Waals surface area contributed by atoms with Crippen LogP contribution in [-0.2, 0) is 24.1 Å². The molecule has 0 fully saturated rings. The number of aryl methyl sites for hydroxylation is 2. The Morgan fingerprint density at radius 1 is 1.33 bits per heavy atom. The Morgan fingerprint density at radius 3 is 2.89 bits per heavy atom. The van der Waals surface area contributed by atoms with Crippen molar-refractivity contribution in [3.05, 3.63) is 34.9 Å². The number of likely N-dealkylation sites (N-methyl/N-ethyl adjacent to an activating group) is 1. The van der Waals surface area contributed by atoms with E-state index in [0.29, 0.717) is 12.2 Å². The molecule has 0 spiro atoms. The Balaban J connectivity index is 1.88. The van der Waals surface area contributed by atoms with E-state index in [1.807, 2.05) is 11.9 Å². The fraction of sp³-hybridized carbons (Fsp3) is 0.533. The predicted octanol–water partition coefficient (Wildman–Crippen LogP) is 2.50. The number of rotatable bonds is 5. The van der Waals surface area contributed by atoms with Gasteiger partial charge in [0.05, 0.1) is 0 Å². The number of nitrogens with zero attached hydrogens (tertiary/aromatic N) is 1. The molecule has 98 valence electrons. The second-order valence-corrected chi connectivity index (χ2v) is 5.44. The van der Waals surface area contributed by atoms with Gasteiger partial charge in [-0.05, 0) is 48.1 Å². The summed E-state index contributed by atoms with van der Waals surface area (Å²) < 4.78 is 0. The molecule has 1 amide bonds. The zero-order valence-corrected chi connectivity index (χ0v) is 11.9. The molecule has 0 saturated heterocycles. The van der Waals surface area contributed by atoms with Crippen LogP contribution in [0.3, 0.4) is 0 Å². The van der Waals surface area contributed by atoms with Crippen molar-refractivity contribution in [2.75, 3.05) is 19.3 Å². The van der Waals surface area contributed by atoms with E-state index in [-0.39, 0.29) is 5.91 Å². The second kappa shape index (κ2) is 6.28. The first kappa shape index (κ1) is 13.5. The number of thiol groups is 1. The highest BCUT2D eigenvalue weighted by Crippen LogP contribution is 2.23. The lowest BCUT2D eigenvalue weighted by atomic mass is 10.0. The Morgan fingerprint density at radius 2 is 2.11 bits per heavy atom. The standard InChI is InChI=1S/C15H21NOS/c1-16(15(17)8-10-18)9-7-12-5-6-13-3-2-4-14(13)11-12/h5-6,11,18H,2-4,7-10H2,1H3. The first-order valence-corrected chi connectivity index (χ1v) is 7.29. The Hall–Kier alpha value is -0.960. The minimum atomic E-state index is 0.186. The van der Waals surface area contributed by atoms with Gasteiger partial charge in [0.25, 0.3) is 0 Å². The van der Waals surface area contributed by atoms with Gasteiger partial charge in [-0.15, -0.1) is 0 Å². The van der Waals surface area contributed by atoms with Crippen molar-refractivity contribution in [2.24, 2.45) is 0 Å². The number of benzene rings is 1. The van der Waals surface area contributed by atoms with Gasteiger partial charge in [-0.2, -0.15) is 12.6 Å². The van der Waals surface area contributed by atoms with Crippen LogP contribution in [0, 0.1) is 0 Å². The van der Waals surface area contributed by atoms with E-state index in [9.17, 15) is 4.79 Å². The molecule has 0 N–H and O–H groups in total. The highest BCUT2D eigenvalue weighted by atomic mass is 32.1. The molecule has 1 aromatic carbocycles. The van der Waals surface area contributed by atoms with E-state index >= 15 is 0 Å². The van der Waals surface area contributed by atoms with Crippen LogP contribution in [0.25, 0.3) is 0 Å². The molecule has 3 heteroatoms. The van der Waals surface area contributed by atoms with Gasteiger partial charge in [0, 0.05) is 20.0 Å². The average Bonchev–Trinajstić information content (AvgIpc) is 2.83. The van der Waals surface area contributed by atoms with Gasteiger partial charge in [-0.25, -0.2) is 0 Å². The number of hydrogen-bond donors (Lipinski definition) is 1. The molecule has 0 heterocycles. The van der Waals surface area contributed by atoms with Crippen molar-refractivity contribution in [2.45, 2.75) is 32.1 Å². The Kier molecular flexibility index (Phi) is 4.70. The zero-order valence-electron chi connectivity index (χ0n) is 11.0. The summed E-state index contributed by atoms with van der Waals surface area (Å²) >= 11 is 4.09. The maximum atomic E-state index is 11.6.